The van der Waals surface area contributed by atoms with Crippen LogP contribution in [0, 0.1) is 5.82 Å². The lowest BCUT2D eigenvalue weighted by Crippen LogP contribution is -2.31. The van der Waals surface area contributed by atoms with Crippen molar-refractivity contribution in [2.45, 2.75) is 13.3 Å². The Balaban J connectivity index is 1.60. The average molecular weight is 452 g/mol. The molecule has 6 nitrogen and oxygen atoms in total. The van der Waals surface area contributed by atoms with Crippen LogP contribution in [-0.2, 0) is 0 Å². The van der Waals surface area contributed by atoms with Gasteiger partial charge >= 0.3 is 0 Å². The van der Waals surface area contributed by atoms with E-state index in [1.807, 2.05) is 37.3 Å². The highest BCUT2D eigenvalue weighted by Crippen LogP contribution is 2.34. The fourth-order valence-electron chi connectivity index (χ4n) is 4.15. The summed E-state index contributed by atoms with van der Waals surface area (Å²) in [6, 6.07) is 17.0. The van der Waals surface area contributed by atoms with Crippen LogP contribution in [0.25, 0.3) is 11.3 Å². The van der Waals surface area contributed by atoms with Crippen LogP contribution < -0.4 is 24.0 Å². The molecule has 0 aliphatic carbocycles. The first kappa shape index (κ1) is 22.7. The minimum atomic E-state index is -0.397. The Morgan fingerprint density at radius 2 is 1.64 bits per heavy atom. The molecule has 7 heteroatoms. The molecule has 0 unspecified atom stereocenters. The van der Waals surface area contributed by atoms with Gasteiger partial charge in [-0.25, -0.2) is 9.37 Å². The summed E-state index contributed by atoms with van der Waals surface area (Å²) < 4.78 is 30.6. The molecule has 1 aromatic heterocycles. The van der Waals surface area contributed by atoms with E-state index >= 15 is 0 Å². The van der Waals surface area contributed by atoms with Crippen molar-refractivity contribution in [2.75, 3.05) is 56.8 Å². The number of hydrogen-bond donors (Lipinski definition) is 0. The van der Waals surface area contributed by atoms with Crippen LogP contribution in [0.15, 0.2) is 54.6 Å². The number of nitrogens with zero attached hydrogens (tertiary/aromatic N) is 3. The van der Waals surface area contributed by atoms with Gasteiger partial charge in [0.25, 0.3) is 0 Å². The lowest BCUT2D eigenvalue weighted by Gasteiger charge is -2.26. The molecule has 1 aliphatic heterocycles. The van der Waals surface area contributed by atoms with Crippen molar-refractivity contribution in [1.82, 2.24) is 4.98 Å². The molecule has 2 aromatic carbocycles. The number of pyridine rings is 1. The molecule has 0 saturated carbocycles. The van der Waals surface area contributed by atoms with E-state index in [4.69, 9.17) is 14.2 Å². The summed E-state index contributed by atoms with van der Waals surface area (Å²) in [4.78, 5) is 9.38. The maximum Gasteiger partial charge on any atom is 0.213 e. The summed E-state index contributed by atoms with van der Waals surface area (Å²) in [6.07, 6.45) is 0.995. The van der Waals surface area contributed by atoms with Crippen molar-refractivity contribution >= 4 is 11.4 Å². The van der Waals surface area contributed by atoms with Gasteiger partial charge in [-0.3, -0.25) is 0 Å². The van der Waals surface area contributed by atoms with Gasteiger partial charge < -0.3 is 24.0 Å². The summed E-state index contributed by atoms with van der Waals surface area (Å²) in [5, 5.41) is 0. The van der Waals surface area contributed by atoms with Crippen LogP contribution in [0.3, 0.4) is 0 Å². The molecule has 0 atom stereocenters. The molecular formula is C26H30FN3O3. The topological polar surface area (TPSA) is 47.1 Å². The van der Waals surface area contributed by atoms with Gasteiger partial charge in [0.15, 0.2) is 11.6 Å². The average Bonchev–Trinajstić information content (AvgIpc) is 3.11. The smallest absolute Gasteiger partial charge is 0.213 e. The number of aromatic nitrogens is 1. The van der Waals surface area contributed by atoms with E-state index < -0.39 is 5.82 Å². The van der Waals surface area contributed by atoms with Gasteiger partial charge in [0.05, 0.1) is 32.2 Å². The minimum Gasteiger partial charge on any atom is -0.497 e. The maximum atomic E-state index is 14.6. The first-order chi connectivity index (χ1) is 16.1. The van der Waals surface area contributed by atoms with Gasteiger partial charge in [-0.15, -0.1) is 0 Å². The SMILES string of the molecule is CCOc1ccc(-c2nc(OC)ccc2N2CCCN(c3ccc(OC)cc3)CC2)cc1F. The lowest BCUT2D eigenvalue weighted by molar-refractivity contribution is 0.321. The van der Waals surface area contributed by atoms with Crippen LogP contribution in [0.1, 0.15) is 13.3 Å². The number of halogens is 1. The zero-order chi connectivity index (χ0) is 23.2. The summed E-state index contributed by atoms with van der Waals surface area (Å²) in [6.45, 7) is 5.79. The molecule has 0 bridgehead atoms. The predicted molar refractivity (Wildman–Crippen MR) is 129 cm³/mol. The van der Waals surface area contributed by atoms with E-state index in [2.05, 4.69) is 26.9 Å². The Bertz CT molecular complexity index is 1070. The summed E-state index contributed by atoms with van der Waals surface area (Å²) in [5.41, 5.74) is 3.55. The fraction of sp³-hybridized carbons (Fsp3) is 0.346. The standard InChI is InChI=1S/C26H30FN3O3/c1-4-33-24-12-6-19(18-22(24)27)26-23(11-13-25(28-26)32-3)30-15-5-14-29(16-17-30)20-7-9-21(31-2)10-8-20/h6-13,18H,4-5,14-17H2,1-3H3. The quantitative estimate of drug-likeness (QED) is 0.503. The molecule has 1 saturated heterocycles. The van der Waals surface area contributed by atoms with E-state index in [9.17, 15) is 4.39 Å². The third-order valence-electron chi connectivity index (χ3n) is 5.84. The van der Waals surface area contributed by atoms with Crippen molar-refractivity contribution < 1.29 is 18.6 Å². The van der Waals surface area contributed by atoms with E-state index in [1.165, 1.54) is 11.8 Å². The molecule has 2 heterocycles. The number of ether oxygens (including phenoxy) is 3. The Hall–Kier alpha value is -3.48. The molecule has 0 spiro atoms. The normalized spacial score (nSPS) is 14.1. The van der Waals surface area contributed by atoms with E-state index in [0.717, 1.165) is 44.0 Å². The summed E-state index contributed by atoms with van der Waals surface area (Å²) >= 11 is 0. The van der Waals surface area contributed by atoms with Crippen molar-refractivity contribution in [3.05, 3.63) is 60.4 Å². The Kier molecular flexibility index (Phi) is 7.17. The largest absolute Gasteiger partial charge is 0.497 e. The van der Waals surface area contributed by atoms with Gasteiger partial charge in [-0.2, -0.15) is 0 Å². The van der Waals surface area contributed by atoms with Crippen LogP contribution in [0.5, 0.6) is 17.4 Å². The predicted octanol–water partition coefficient (Wildman–Crippen LogP) is 5.02. The molecule has 0 N–H and O–H groups in total. The zero-order valence-electron chi connectivity index (χ0n) is 19.4. The van der Waals surface area contributed by atoms with Gasteiger partial charge in [0, 0.05) is 43.5 Å². The van der Waals surface area contributed by atoms with Crippen molar-refractivity contribution in [3.8, 4) is 28.6 Å². The second-order valence-corrected chi connectivity index (χ2v) is 7.83. The summed E-state index contributed by atoms with van der Waals surface area (Å²) in [5.74, 6) is 1.20. The van der Waals surface area contributed by atoms with Gasteiger partial charge in [0.2, 0.25) is 5.88 Å². The highest BCUT2D eigenvalue weighted by Gasteiger charge is 2.21. The van der Waals surface area contributed by atoms with Crippen LogP contribution in [-0.4, -0.2) is 52.0 Å². The number of anilines is 2. The molecule has 1 aliphatic rings. The van der Waals surface area contributed by atoms with Gasteiger partial charge in [-0.1, -0.05) is 0 Å². The number of rotatable bonds is 7. The maximum absolute atomic E-state index is 14.6. The zero-order valence-corrected chi connectivity index (χ0v) is 19.4. The Labute approximate surface area is 194 Å². The fourth-order valence-corrected chi connectivity index (χ4v) is 4.15. The molecule has 1 fully saturated rings. The highest BCUT2D eigenvalue weighted by molar-refractivity contribution is 5.76. The van der Waals surface area contributed by atoms with Crippen LogP contribution in [0.4, 0.5) is 15.8 Å². The third-order valence-corrected chi connectivity index (χ3v) is 5.84. The minimum absolute atomic E-state index is 0.246. The molecule has 174 valence electrons. The van der Waals surface area contributed by atoms with E-state index in [1.54, 1.807) is 20.3 Å². The highest BCUT2D eigenvalue weighted by atomic mass is 19.1. The summed E-state index contributed by atoms with van der Waals surface area (Å²) in [7, 11) is 3.26. The Morgan fingerprint density at radius 3 is 2.33 bits per heavy atom. The molecular weight excluding hydrogens is 421 g/mol. The first-order valence-corrected chi connectivity index (χ1v) is 11.2. The van der Waals surface area contributed by atoms with Crippen LogP contribution in [0.2, 0.25) is 0 Å². The van der Waals surface area contributed by atoms with Gasteiger partial charge in [0.1, 0.15) is 5.75 Å². The van der Waals surface area contributed by atoms with E-state index in [0.29, 0.717) is 23.7 Å². The second kappa shape index (κ2) is 10.4. The third kappa shape index (κ3) is 5.13. The number of hydrogen-bond acceptors (Lipinski definition) is 6. The van der Waals surface area contributed by atoms with Crippen molar-refractivity contribution in [2.24, 2.45) is 0 Å². The van der Waals surface area contributed by atoms with Gasteiger partial charge in [-0.05, 0) is 61.9 Å². The number of methoxy groups -OCH3 is 2. The second-order valence-electron chi connectivity index (χ2n) is 7.83. The van der Waals surface area contributed by atoms with Crippen molar-refractivity contribution in [1.29, 1.82) is 0 Å². The molecule has 0 amide bonds. The number of benzene rings is 2. The van der Waals surface area contributed by atoms with Crippen LogP contribution >= 0.6 is 0 Å². The lowest BCUT2D eigenvalue weighted by atomic mass is 10.1. The molecule has 0 radical (unpaired) electrons. The molecule has 33 heavy (non-hydrogen) atoms. The van der Waals surface area contributed by atoms with Crippen molar-refractivity contribution in [3.63, 3.8) is 0 Å². The monoisotopic (exact) mass is 451 g/mol. The van der Waals surface area contributed by atoms with E-state index in [-0.39, 0.29) is 5.75 Å². The first-order valence-electron chi connectivity index (χ1n) is 11.2. The molecule has 3 aromatic rings. The Morgan fingerprint density at radius 1 is 0.879 bits per heavy atom. The molecule has 4 rings (SSSR count).